The summed E-state index contributed by atoms with van der Waals surface area (Å²) in [6.45, 7) is 1.58. The Morgan fingerprint density at radius 2 is 2.31 bits per heavy atom. The number of aromatic nitrogens is 2. The number of hydrogen-bond acceptors (Lipinski definition) is 2. The third kappa shape index (κ3) is 1.39. The quantitative estimate of drug-likeness (QED) is 0.648. The number of carbonyl (C=O) groups is 1. The lowest BCUT2D eigenvalue weighted by Crippen LogP contribution is -2.09. The molecule has 1 heterocycles. The van der Waals surface area contributed by atoms with Crippen molar-refractivity contribution in [3.05, 3.63) is 17.5 Å². The predicted molar refractivity (Wildman–Crippen MR) is 49.8 cm³/mol. The molecule has 0 unspecified atom stereocenters. The molecule has 0 N–H and O–H groups in total. The van der Waals surface area contributed by atoms with Crippen LogP contribution in [0.4, 0.5) is 0 Å². The first-order valence-corrected chi connectivity index (χ1v) is 4.73. The average Bonchev–Trinajstić information content (AvgIpc) is 2.27. The molecule has 0 aromatic carbocycles. The van der Waals surface area contributed by atoms with E-state index in [0.717, 1.165) is 11.4 Å². The maximum atomic E-state index is 11.1. The van der Waals surface area contributed by atoms with Gasteiger partial charge in [0.2, 0.25) is 0 Å². The third-order valence-electron chi connectivity index (χ3n) is 2.78. The maximum absolute atomic E-state index is 11.1. The number of carbonyl (C=O) groups excluding carboxylic acids is 1. The van der Waals surface area contributed by atoms with Crippen molar-refractivity contribution >= 4 is 5.78 Å². The predicted octanol–water partition coefficient (Wildman–Crippen LogP) is 1.89. The van der Waals surface area contributed by atoms with Gasteiger partial charge in [0.1, 0.15) is 5.69 Å². The highest BCUT2D eigenvalue weighted by atomic mass is 16.1. The van der Waals surface area contributed by atoms with Crippen LogP contribution in [0.5, 0.6) is 0 Å². The molecule has 2 rings (SSSR count). The number of rotatable bonds is 2. The number of aryl methyl sites for hydroxylation is 1. The van der Waals surface area contributed by atoms with Crippen LogP contribution in [0, 0.1) is 0 Å². The second kappa shape index (κ2) is 2.98. The Hall–Kier alpha value is -1.12. The molecule has 1 aliphatic rings. The maximum Gasteiger partial charge on any atom is 0.177 e. The standard InChI is InChI=1S/C10H14N2O/c1-7(13)10-6-9(11-12(10)2)8-4-3-5-8/h6,8H,3-5H2,1-2H3. The highest BCUT2D eigenvalue weighted by Gasteiger charge is 2.23. The van der Waals surface area contributed by atoms with E-state index in [1.807, 2.05) is 13.1 Å². The smallest absolute Gasteiger partial charge is 0.177 e. The summed E-state index contributed by atoms with van der Waals surface area (Å²) in [6, 6.07) is 1.94. The minimum absolute atomic E-state index is 0.0978. The van der Waals surface area contributed by atoms with E-state index in [2.05, 4.69) is 5.10 Å². The summed E-state index contributed by atoms with van der Waals surface area (Å²) in [5.74, 6) is 0.708. The normalized spacial score (nSPS) is 17.1. The molecular formula is C10H14N2O. The van der Waals surface area contributed by atoms with E-state index < -0.39 is 0 Å². The summed E-state index contributed by atoms with van der Waals surface area (Å²) >= 11 is 0. The van der Waals surface area contributed by atoms with Gasteiger partial charge < -0.3 is 0 Å². The molecule has 0 bridgehead atoms. The van der Waals surface area contributed by atoms with E-state index in [1.165, 1.54) is 19.3 Å². The highest BCUT2D eigenvalue weighted by Crippen LogP contribution is 2.35. The SMILES string of the molecule is CC(=O)c1cc(C2CCC2)nn1C. The van der Waals surface area contributed by atoms with Gasteiger partial charge in [-0.15, -0.1) is 0 Å². The molecule has 0 atom stereocenters. The number of ketones is 1. The van der Waals surface area contributed by atoms with Gasteiger partial charge in [0.05, 0.1) is 5.69 Å². The summed E-state index contributed by atoms with van der Waals surface area (Å²) in [6.07, 6.45) is 3.76. The summed E-state index contributed by atoms with van der Waals surface area (Å²) in [5.41, 5.74) is 1.82. The van der Waals surface area contributed by atoms with Gasteiger partial charge in [-0.05, 0) is 18.9 Å². The van der Waals surface area contributed by atoms with Crippen molar-refractivity contribution in [2.75, 3.05) is 0 Å². The Kier molecular flexibility index (Phi) is 1.94. The molecule has 70 valence electrons. The average molecular weight is 178 g/mol. The molecule has 0 spiro atoms. The van der Waals surface area contributed by atoms with Crippen molar-refractivity contribution in [1.29, 1.82) is 0 Å². The van der Waals surface area contributed by atoms with Gasteiger partial charge in [-0.3, -0.25) is 9.48 Å². The minimum Gasteiger partial charge on any atom is -0.293 e. The molecular weight excluding hydrogens is 164 g/mol. The minimum atomic E-state index is 0.0978. The molecule has 1 aliphatic carbocycles. The van der Waals surface area contributed by atoms with Crippen LogP contribution in [0.15, 0.2) is 6.07 Å². The van der Waals surface area contributed by atoms with Gasteiger partial charge >= 0.3 is 0 Å². The van der Waals surface area contributed by atoms with Crippen molar-refractivity contribution in [3.63, 3.8) is 0 Å². The van der Waals surface area contributed by atoms with E-state index in [0.29, 0.717) is 5.92 Å². The number of Topliss-reactive ketones (excluding diaryl/α,β-unsaturated/α-hetero) is 1. The molecule has 1 aromatic rings. The lowest BCUT2D eigenvalue weighted by Gasteiger charge is -2.22. The van der Waals surface area contributed by atoms with Crippen molar-refractivity contribution in [3.8, 4) is 0 Å². The van der Waals surface area contributed by atoms with Gasteiger partial charge in [0.25, 0.3) is 0 Å². The first-order valence-electron chi connectivity index (χ1n) is 4.73. The number of hydrogen-bond donors (Lipinski definition) is 0. The Balaban J connectivity index is 2.28. The lowest BCUT2D eigenvalue weighted by atomic mass is 9.83. The van der Waals surface area contributed by atoms with Gasteiger partial charge in [0.15, 0.2) is 5.78 Å². The van der Waals surface area contributed by atoms with Gasteiger partial charge in [-0.1, -0.05) is 6.42 Å². The van der Waals surface area contributed by atoms with Gasteiger partial charge in [0, 0.05) is 19.9 Å². The van der Waals surface area contributed by atoms with Crippen LogP contribution in [-0.4, -0.2) is 15.6 Å². The Labute approximate surface area is 77.7 Å². The first-order chi connectivity index (χ1) is 6.18. The van der Waals surface area contributed by atoms with E-state index in [4.69, 9.17) is 0 Å². The molecule has 0 saturated heterocycles. The molecule has 3 heteroatoms. The van der Waals surface area contributed by atoms with Crippen LogP contribution in [0.25, 0.3) is 0 Å². The van der Waals surface area contributed by atoms with E-state index in [-0.39, 0.29) is 5.78 Å². The fourth-order valence-electron chi connectivity index (χ4n) is 1.72. The largest absolute Gasteiger partial charge is 0.293 e. The van der Waals surface area contributed by atoms with Crippen LogP contribution in [0.3, 0.4) is 0 Å². The Morgan fingerprint density at radius 1 is 1.62 bits per heavy atom. The molecule has 1 fully saturated rings. The third-order valence-corrected chi connectivity index (χ3v) is 2.78. The zero-order valence-corrected chi connectivity index (χ0v) is 8.08. The lowest BCUT2D eigenvalue weighted by molar-refractivity contribution is 0.100. The molecule has 0 amide bonds. The van der Waals surface area contributed by atoms with Crippen molar-refractivity contribution in [2.24, 2.45) is 7.05 Å². The number of nitrogens with zero attached hydrogens (tertiary/aromatic N) is 2. The molecule has 1 saturated carbocycles. The zero-order valence-electron chi connectivity index (χ0n) is 8.08. The fourth-order valence-corrected chi connectivity index (χ4v) is 1.72. The van der Waals surface area contributed by atoms with E-state index >= 15 is 0 Å². The van der Waals surface area contributed by atoms with Crippen LogP contribution >= 0.6 is 0 Å². The van der Waals surface area contributed by atoms with E-state index in [9.17, 15) is 4.79 Å². The molecule has 0 radical (unpaired) electrons. The van der Waals surface area contributed by atoms with Gasteiger partial charge in [-0.25, -0.2) is 0 Å². The molecule has 1 aromatic heterocycles. The monoisotopic (exact) mass is 178 g/mol. The van der Waals surface area contributed by atoms with Crippen LogP contribution in [-0.2, 0) is 7.05 Å². The second-order valence-electron chi connectivity index (χ2n) is 3.76. The summed E-state index contributed by atoms with van der Waals surface area (Å²) in [4.78, 5) is 11.1. The fraction of sp³-hybridized carbons (Fsp3) is 0.600. The van der Waals surface area contributed by atoms with Crippen molar-refractivity contribution in [1.82, 2.24) is 9.78 Å². The Morgan fingerprint density at radius 3 is 2.69 bits per heavy atom. The molecule has 3 nitrogen and oxygen atoms in total. The Bertz CT molecular complexity index is 337. The van der Waals surface area contributed by atoms with Crippen LogP contribution in [0.2, 0.25) is 0 Å². The van der Waals surface area contributed by atoms with Crippen molar-refractivity contribution in [2.45, 2.75) is 32.1 Å². The highest BCUT2D eigenvalue weighted by molar-refractivity contribution is 5.92. The van der Waals surface area contributed by atoms with E-state index in [1.54, 1.807) is 11.6 Å². The first kappa shape index (κ1) is 8.48. The van der Waals surface area contributed by atoms with Crippen LogP contribution in [0.1, 0.15) is 48.3 Å². The summed E-state index contributed by atoms with van der Waals surface area (Å²) in [5, 5.41) is 4.35. The molecule has 0 aliphatic heterocycles. The topological polar surface area (TPSA) is 34.9 Å². The summed E-state index contributed by atoms with van der Waals surface area (Å²) in [7, 11) is 1.83. The zero-order chi connectivity index (χ0) is 9.42. The summed E-state index contributed by atoms with van der Waals surface area (Å²) < 4.78 is 1.69. The van der Waals surface area contributed by atoms with Gasteiger partial charge in [-0.2, -0.15) is 5.10 Å². The molecule has 13 heavy (non-hydrogen) atoms. The van der Waals surface area contributed by atoms with Crippen LogP contribution < -0.4 is 0 Å². The second-order valence-corrected chi connectivity index (χ2v) is 3.76. The van der Waals surface area contributed by atoms with Crippen molar-refractivity contribution < 1.29 is 4.79 Å².